The van der Waals surface area contributed by atoms with Crippen LogP contribution in [0.15, 0.2) is 64.5 Å². The van der Waals surface area contributed by atoms with Gasteiger partial charge in [-0.25, -0.2) is 13.2 Å². The largest absolute Gasteiger partial charge is 0.399 e. The van der Waals surface area contributed by atoms with Gasteiger partial charge in [-0.3, -0.25) is 0 Å². The highest BCUT2D eigenvalue weighted by Gasteiger charge is 2.30. The highest BCUT2D eigenvalue weighted by molar-refractivity contribution is 7.89. The number of hydrogen-bond donors (Lipinski definition) is 2. The fourth-order valence-electron chi connectivity index (χ4n) is 2.99. The standard InChI is InChI=1S/C21H27N3O4S/c1-16(2)13-24(29(27,28)19-10-8-18(22)9-11-19)14-21(26)20(23-15-25)12-17-6-4-3-5-7-17/h3-11,16,20-21,26H,12-14,22H2,1-2H3/t20-,21+/m0/s1. The molecule has 0 aromatic heterocycles. The van der Waals surface area contributed by atoms with Crippen molar-refractivity contribution in [3.8, 4) is 0 Å². The molecule has 8 heteroatoms. The van der Waals surface area contributed by atoms with E-state index < -0.39 is 22.2 Å². The lowest BCUT2D eigenvalue weighted by molar-refractivity contribution is 0.117. The molecule has 0 fully saturated rings. The summed E-state index contributed by atoms with van der Waals surface area (Å²) >= 11 is 0. The quantitative estimate of drug-likeness (QED) is 0.350. The average molecular weight is 418 g/mol. The van der Waals surface area contributed by atoms with E-state index in [9.17, 15) is 18.3 Å². The van der Waals surface area contributed by atoms with Crippen LogP contribution >= 0.6 is 0 Å². The summed E-state index contributed by atoms with van der Waals surface area (Å²) in [4.78, 5) is 14.7. The van der Waals surface area contributed by atoms with Gasteiger partial charge in [-0.15, -0.1) is 0 Å². The third kappa shape index (κ3) is 6.51. The smallest absolute Gasteiger partial charge is 0.243 e. The highest BCUT2D eigenvalue weighted by Crippen LogP contribution is 2.20. The second kappa shape index (κ2) is 10.3. The Kier molecular flexibility index (Phi) is 8.10. The summed E-state index contributed by atoms with van der Waals surface area (Å²) in [6.07, 6.45) is 0.625. The topological polar surface area (TPSA) is 113 Å². The van der Waals surface area contributed by atoms with Crippen LogP contribution in [0.3, 0.4) is 0 Å². The number of aliphatic hydroxyl groups excluding tert-OH is 1. The summed E-state index contributed by atoms with van der Waals surface area (Å²) in [7, 11) is -3.85. The van der Waals surface area contributed by atoms with Crippen molar-refractivity contribution >= 4 is 21.8 Å². The predicted molar refractivity (Wildman–Crippen MR) is 113 cm³/mol. The van der Waals surface area contributed by atoms with Gasteiger partial charge in [0.15, 0.2) is 0 Å². The van der Waals surface area contributed by atoms with Gasteiger partial charge in [0.25, 0.3) is 0 Å². The van der Waals surface area contributed by atoms with Crippen LogP contribution in [0.25, 0.3) is 0 Å². The van der Waals surface area contributed by atoms with Gasteiger partial charge in [-0.05, 0) is 42.2 Å². The van der Waals surface area contributed by atoms with Crippen LogP contribution in [0.5, 0.6) is 0 Å². The first-order chi connectivity index (χ1) is 13.7. The minimum Gasteiger partial charge on any atom is -0.399 e. The molecule has 3 N–H and O–H groups in total. The molecule has 156 valence electrons. The Balaban J connectivity index is 2.27. The molecule has 0 amide bonds. The molecule has 0 radical (unpaired) electrons. The number of carbonyl (C=O) groups excluding carboxylic acids is 1. The highest BCUT2D eigenvalue weighted by atomic mass is 32.2. The second-order valence-corrected chi connectivity index (χ2v) is 9.27. The Hall–Kier alpha value is -2.51. The molecule has 0 spiro atoms. The van der Waals surface area contributed by atoms with Crippen LogP contribution in [-0.4, -0.2) is 49.1 Å². The zero-order valence-electron chi connectivity index (χ0n) is 16.6. The number of rotatable bonds is 10. The molecule has 0 unspecified atom stereocenters. The number of anilines is 1. The average Bonchev–Trinajstić information content (AvgIpc) is 2.68. The lowest BCUT2D eigenvalue weighted by Crippen LogP contribution is -2.44. The maximum Gasteiger partial charge on any atom is 0.243 e. The Bertz CT molecular complexity index is 924. The Morgan fingerprint density at radius 1 is 1.07 bits per heavy atom. The first-order valence-electron chi connectivity index (χ1n) is 9.38. The van der Waals surface area contributed by atoms with Crippen LogP contribution in [-0.2, 0) is 21.2 Å². The van der Waals surface area contributed by atoms with Crippen molar-refractivity contribution in [2.24, 2.45) is 10.9 Å². The third-order valence-electron chi connectivity index (χ3n) is 4.43. The van der Waals surface area contributed by atoms with Crippen LogP contribution in [0.2, 0.25) is 0 Å². The second-order valence-electron chi connectivity index (χ2n) is 7.33. The first kappa shape index (κ1) is 22.8. The minimum absolute atomic E-state index is 0.0351. The zero-order valence-corrected chi connectivity index (χ0v) is 17.4. The van der Waals surface area contributed by atoms with Gasteiger partial charge >= 0.3 is 0 Å². The van der Waals surface area contributed by atoms with Gasteiger partial charge in [-0.2, -0.15) is 9.30 Å². The van der Waals surface area contributed by atoms with E-state index in [2.05, 4.69) is 4.99 Å². The number of aliphatic imine (C=N–C) groups is 1. The van der Waals surface area contributed by atoms with Crippen molar-refractivity contribution in [3.05, 3.63) is 60.2 Å². The number of isocyanates is 1. The van der Waals surface area contributed by atoms with Crippen LogP contribution in [0, 0.1) is 5.92 Å². The summed E-state index contributed by atoms with van der Waals surface area (Å²) in [5.41, 5.74) is 7.00. The molecular formula is C21H27N3O4S. The molecule has 7 nitrogen and oxygen atoms in total. The fraction of sp³-hybridized carbons (Fsp3) is 0.381. The lowest BCUT2D eigenvalue weighted by atomic mass is 10.0. The van der Waals surface area contributed by atoms with Gasteiger partial charge in [0.1, 0.15) is 0 Å². The number of nitrogen functional groups attached to an aromatic ring is 1. The normalized spacial score (nSPS) is 13.8. The van der Waals surface area contributed by atoms with Crippen molar-refractivity contribution < 1.29 is 18.3 Å². The van der Waals surface area contributed by atoms with Gasteiger partial charge in [0.2, 0.25) is 16.1 Å². The summed E-state index contributed by atoms with van der Waals surface area (Å²) in [5.74, 6) is 0.0351. The molecule has 2 rings (SSSR count). The van der Waals surface area contributed by atoms with Crippen molar-refractivity contribution in [2.45, 2.75) is 37.3 Å². The zero-order chi connectivity index (χ0) is 21.4. The molecule has 0 aliphatic heterocycles. The maximum atomic E-state index is 13.1. The van der Waals surface area contributed by atoms with E-state index in [-0.39, 0.29) is 23.9 Å². The molecule has 2 aromatic rings. The van der Waals surface area contributed by atoms with Gasteiger partial charge in [-0.1, -0.05) is 44.2 Å². The molecule has 0 bridgehead atoms. The van der Waals surface area contributed by atoms with Crippen LogP contribution < -0.4 is 5.73 Å². The molecular weight excluding hydrogens is 390 g/mol. The van der Waals surface area contributed by atoms with Gasteiger partial charge < -0.3 is 10.8 Å². The number of nitrogens with zero attached hydrogens (tertiary/aromatic N) is 2. The summed E-state index contributed by atoms with van der Waals surface area (Å²) < 4.78 is 27.5. The van der Waals surface area contributed by atoms with E-state index in [0.717, 1.165) is 5.56 Å². The van der Waals surface area contributed by atoms with Crippen molar-refractivity contribution in [1.82, 2.24) is 4.31 Å². The molecule has 29 heavy (non-hydrogen) atoms. The number of sulfonamides is 1. The van der Waals surface area contributed by atoms with E-state index in [1.807, 2.05) is 44.2 Å². The van der Waals surface area contributed by atoms with Crippen molar-refractivity contribution in [1.29, 1.82) is 0 Å². The molecule has 2 atom stereocenters. The molecule has 0 saturated carbocycles. The number of hydrogen-bond acceptors (Lipinski definition) is 6. The predicted octanol–water partition coefficient (Wildman–Crippen LogP) is 2.22. The van der Waals surface area contributed by atoms with Crippen molar-refractivity contribution in [2.75, 3.05) is 18.8 Å². The number of aliphatic hydroxyl groups is 1. The molecule has 0 saturated heterocycles. The van der Waals surface area contributed by atoms with E-state index in [0.29, 0.717) is 12.1 Å². The van der Waals surface area contributed by atoms with E-state index >= 15 is 0 Å². The molecule has 0 aliphatic carbocycles. The summed E-state index contributed by atoms with van der Waals surface area (Å²) in [5, 5.41) is 10.7. The van der Waals surface area contributed by atoms with Crippen LogP contribution in [0.4, 0.5) is 5.69 Å². The Morgan fingerprint density at radius 2 is 1.69 bits per heavy atom. The Morgan fingerprint density at radius 3 is 2.24 bits per heavy atom. The fourth-order valence-corrected chi connectivity index (χ4v) is 4.61. The molecule has 0 heterocycles. The lowest BCUT2D eigenvalue weighted by Gasteiger charge is -2.28. The number of benzene rings is 2. The summed E-state index contributed by atoms with van der Waals surface area (Å²) in [6, 6.07) is 14.4. The maximum absolute atomic E-state index is 13.1. The number of nitrogens with two attached hydrogens (primary N) is 1. The van der Waals surface area contributed by atoms with E-state index in [1.165, 1.54) is 34.7 Å². The van der Waals surface area contributed by atoms with E-state index in [4.69, 9.17) is 5.73 Å². The first-order valence-corrected chi connectivity index (χ1v) is 10.8. The molecule has 2 aromatic carbocycles. The monoisotopic (exact) mass is 417 g/mol. The van der Waals surface area contributed by atoms with Crippen molar-refractivity contribution in [3.63, 3.8) is 0 Å². The third-order valence-corrected chi connectivity index (χ3v) is 6.27. The Labute approximate surface area is 171 Å². The molecule has 0 aliphatic rings. The SMILES string of the molecule is CC(C)CN(C[C@@H](O)[C@H](Cc1ccccc1)N=C=O)S(=O)(=O)c1ccc(N)cc1. The minimum atomic E-state index is -3.85. The van der Waals surface area contributed by atoms with Gasteiger partial charge in [0.05, 0.1) is 17.0 Å². The van der Waals surface area contributed by atoms with E-state index in [1.54, 1.807) is 0 Å². The van der Waals surface area contributed by atoms with Gasteiger partial charge in [0, 0.05) is 18.8 Å². The summed E-state index contributed by atoms with van der Waals surface area (Å²) in [6.45, 7) is 3.81. The van der Waals surface area contributed by atoms with Crippen LogP contribution in [0.1, 0.15) is 19.4 Å².